The zero-order chi connectivity index (χ0) is 37.3. The molecule has 1 aromatic heterocycles. The minimum atomic E-state index is 0.646. The second-order valence-corrected chi connectivity index (χ2v) is 14.0. The molecule has 10 aromatic rings. The Balaban J connectivity index is 1.02. The van der Waals surface area contributed by atoms with Crippen molar-refractivity contribution in [3.8, 4) is 78.7 Å². The van der Waals surface area contributed by atoms with Gasteiger partial charge in [0.2, 0.25) is 0 Å². The monoisotopic (exact) mass is 713 g/mol. The maximum atomic E-state index is 4.92. The topological polar surface area (TPSA) is 38.7 Å². The maximum Gasteiger partial charge on any atom is 0.164 e. The summed E-state index contributed by atoms with van der Waals surface area (Å²) in [6.07, 6.45) is 0. The van der Waals surface area contributed by atoms with Crippen LogP contribution in [0.3, 0.4) is 0 Å². The molecule has 0 spiro atoms. The van der Waals surface area contributed by atoms with Crippen LogP contribution in [-0.2, 0) is 0 Å². The van der Waals surface area contributed by atoms with E-state index in [1.54, 1.807) is 0 Å². The predicted octanol–water partition coefficient (Wildman–Crippen LogP) is 13.8. The Hall–Kier alpha value is -7.49. The molecular formula is C53H35N3. The molecule has 1 heterocycles. The van der Waals surface area contributed by atoms with Crippen LogP contribution < -0.4 is 0 Å². The van der Waals surface area contributed by atoms with Crippen LogP contribution in [-0.4, -0.2) is 15.0 Å². The first kappa shape index (κ1) is 33.1. The Kier molecular flexibility index (Phi) is 8.51. The molecular weight excluding hydrogens is 679 g/mol. The summed E-state index contributed by atoms with van der Waals surface area (Å²) in [6.45, 7) is 0. The highest BCUT2D eigenvalue weighted by atomic mass is 15.0. The summed E-state index contributed by atoms with van der Waals surface area (Å²) in [6, 6.07) is 75.1. The molecule has 3 nitrogen and oxygen atoms in total. The summed E-state index contributed by atoms with van der Waals surface area (Å²) >= 11 is 0. The Morgan fingerprint density at radius 2 is 0.536 bits per heavy atom. The first-order valence-electron chi connectivity index (χ1n) is 18.9. The molecule has 0 N–H and O–H groups in total. The number of aromatic nitrogens is 3. The third-order valence-electron chi connectivity index (χ3n) is 10.5. The Labute approximate surface area is 326 Å². The van der Waals surface area contributed by atoms with Gasteiger partial charge in [0.25, 0.3) is 0 Å². The van der Waals surface area contributed by atoms with Crippen molar-refractivity contribution in [2.45, 2.75) is 0 Å². The van der Waals surface area contributed by atoms with Gasteiger partial charge < -0.3 is 0 Å². The fraction of sp³-hybridized carbons (Fsp3) is 0. The second-order valence-electron chi connectivity index (χ2n) is 14.0. The van der Waals surface area contributed by atoms with Crippen LogP contribution in [0.2, 0.25) is 0 Å². The average molecular weight is 714 g/mol. The highest BCUT2D eigenvalue weighted by molar-refractivity contribution is 6.01. The highest BCUT2D eigenvalue weighted by Crippen LogP contribution is 2.38. The molecule has 9 aromatic carbocycles. The number of nitrogens with zero attached hydrogens (tertiary/aromatic N) is 3. The summed E-state index contributed by atoms with van der Waals surface area (Å²) in [7, 11) is 0. The fourth-order valence-corrected chi connectivity index (χ4v) is 7.66. The molecule has 10 rings (SSSR count). The van der Waals surface area contributed by atoms with Crippen LogP contribution in [0.5, 0.6) is 0 Å². The van der Waals surface area contributed by atoms with Crippen LogP contribution in [0.1, 0.15) is 0 Å². The summed E-state index contributed by atoms with van der Waals surface area (Å²) in [5.41, 5.74) is 12.3. The summed E-state index contributed by atoms with van der Waals surface area (Å²) < 4.78 is 0. The van der Waals surface area contributed by atoms with E-state index < -0.39 is 0 Å². The van der Waals surface area contributed by atoms with Crippen LogP contribution in [0.4, 0.5) is 0 Å². The molecule has 0 atom stereocenters. The maximum absolute atomic E-state index is 4.92. The normalized spacial score (nSPS) is 11.2. The quantitative estimate of drug-likeness (QED) is 0.165. The molecule has 0 aliphatic heterocycles. The van der Waals surface area contributed by atoms with Crippen LogP contribution >= 0.6 is 0 Å². The zero-order valence-corrected chi connectivity index (χ0v) is 30.5. The van der Waals surface area contributed by atoms with Gasteiger partial charge in [0.1, 0.15) is 0 Å². The van der Waals surface area contributed by atoms with Crippen LogP contribution in [0.25, 0.3) is 100 Å². The van der Waals surface area contributed by atoms with Gasteiger partial charge in [-0.1, -0.05) is 194 Å². The molecule has 0 fully saturated rings. The number of rotatable bonds is 7. The van der Waals surface area contributed by atoms with Gasteiger partial charge in [0.05, 0.1) is 0 Å². The van der Waals surface area contributed by atoms with Gasteiger partial charge in [-0.15, -0.1) is 0 Å². The third kappa shape index (κ3) is 6.42. The van der Waals surface area contributed by atoms with E-state index in [4.69, 9.17) is 15.0 Å². The molecule has 3 heteroatoms. The Morgan fingerprint density at radius 3 is 0.982 bits per heavy atom. The first-order chi connectivity index (χ1) is 27.7. The summed E-state index contributed by atoms with van der Waals surface area (Å²) in [4.78, 5) is 14.7. The van der Waals surface area contributed by atoms with Crippen molar-refractivity contribution in [3.05, 3.63) is 212 Å². The van der Waals surface area contributed by atoms with Crippen molar-refractivity contribution >= 4 is 21.5 Å². The second kappa shape index (κ2) is 14.4. The van der Waals surface area contributed by atoms with E-state index in [0.717, 1.165) is 27.8 Å². The lowest BCUT2D eigenvalue weighted by atomic mass is 9.89. The Bertz CT molecular complexity index is 2820. The van der Waals surface area contributed by atoms with Crippen molar-refractivity contribution in [1.29, 1.82) is 0 Å². The van der Waals surface area contributed by atoms with E-state index in [1.165, 1.54) is 54.9 Å². The molecule has 0 radical (unpaired) electrons. The number of benzene rings is 9. The van der Waals surface area contributed by atoms with Gasteiger partial charge >= 0.3 is 0 Å². The van der Waals surface area contributed by atoms with Crippen molar-refractivity contribution < 1.29 is 0 Å². The third-order valence-corrected chi connectivity index (χ3v) is 10.5. The Morgan fingerprint density at radius 1 is 0.214 bits per heavy atom. The number of fused-ring (bicyclic) bond motifs is 2. The van der Waals surface area contributed by atoms with Gasteiger partial charge in [-0.05, 0) is 84.3 Å². The molecule has 0 saturated carbocycles. The number of hydrogen-bond acceptors (Lipinski definition) is 3. The molecule has 0 aliphatic carbocycles. The minimum absolute atomic E-state index is 0.646. The van der Waals surface area contributed by atoms with E-state index in [-0.39, 0.29) is 0 Å². The molecule has 0 saturated heterocycles. The van der Waals surface area contributed by atoms with E-state index in [2.05, 4.69) is 152 Å². The van der Waals surface area contributed by atoms with Gasteiger partial charge in [0, 0.05) is 16.7 Å². The zero-order valence-electron chi connectivity index (χ0n) is 30.5. The predicted molar refractivity (Wildman–Crippen MR) is 233 cm³/mol. The van der Waals surface area contributed by atoms with Gasteiger partial charge in [-0.2, -0.15) is 0 Å². The number of hydrogen-bond donors (Lipinski definition) is 0. The highest BCUT2D eigenvalue weighted by Gasteiger charge is 2.14. The standard InChI is InChI=1S/C53H35N3/c1-3-15-41(16-4-1)51-54-52(42-17-5-2-6-18-42)56-53(55-51)43-31-29-37(30-32-43)36-25-27-38(28-26-36)44-33-45(49-23-11-19-39-13-7-9-21-47(39)49)35-46(34-44)50-24-12-20-40-14-8-10-22-48(40)50/h1-35H. The SMILES string of the molecule is c1ccc(-c2nc(-c3ccccc3)nc(-c3ccc(-c4ccc(-c5cc(-c6cccc7ccccc67)cc(-c6cccc7ccccc67)c5)cc4)cc3)n2)cc1. The van der Waals surface area contributed by atoms with E-state index in [1.807, 2.05) is 60.7 Å². The molecule has 262 valence electrons. The lowest BCUT2D eigenvalue weighted by molar-refractivity contribution is 1.07. The lowest BCUT2D eigenvalue weighted by Crippen LogP contribution is -2.00. The van der Waals surface area contributed by atoms with Crippen molar-refractivity contribution in [1.82, 2.24) is 15.0 Å². The van der Waals surface area contributed by atoms with Gasteiger partial charge in [0.15, 0.2) is 17.5 Å². The van der Waals surface area contributed by atoms with E-state index in [9.17, 15) is 0 Å². The largest absolute Gasteiger partial charge is 0.208 e. The molecule has 0 bridgehead atoms. The van der Waals surface area contributed by atoms with Crippen molar-refractivity contribution in [3.63, 3.8) is 0 Å². The minimum Gasteiger partial charge on any atom is -0.208 e. The molecule has 56 heavy (non-hydrogen) atoms. The molecule has 0 amide bonds. The van der Waals surface area contributed by atoms with Gasteiger partial charge in [-0.25, -0.2) is 15.0 Å². The average Bonchev–Trinajstić information content (AvgIpc) is 3.29. The molecule has 0 unspecified atom stereocenters. The molecule has 0 aliphatic rings. The van der Waals surface area contributed by atoms with E-state index >= 15 is 0 Å². The van der Waals surface area contributed by atoms with Crippen molar-refractivity contribution in [2.75, 3.05) is 0 Å². The fourth-order valence-electron chi connectivity index (χ4n) is 7.66. The summed E-state index contributed by atoms with van der Waals surface area (Å²) in [5, 5.41) is 4.97. The van der Waals surface area contributed by atoms with Crippen LogP contribution in [0.15, 0.2) is 212 Å². The van der Waals surface area contributed by atoms with Crippen molar-refractivity contribution in [2.24, 2.45) is 0 Å². The smallest absolute Gasteiger partial charge is 0.164 e. The van der Waals surface area contributed by atoms with Crippen LogP contribution in [0, 0.1) is 0 Å². The lowest BCUT2D eigenvalue weighted by Gasteiger charge is -2.15. The van der Waals surface area contributed by atoms with E-state index in [0.29, 0.717) is 17.5 Å². The first-order valence-corrected chi connectivity index (χ1v) is 18.9. The summed E-state index contributed by atoms with van der Waals surface area (Å²) in [5.74, 6) is 1.96. The van der Waals surface area contributed by atoms with Gasteiger partial charge in [-0.3, -0.25) is 0 Å².